The lowest BCUT2D eigenvalue weighted by Gasteiger charge is -2.24. The fourth-order valence-electron chi connectivity index (χ4n) is 1.55. The number of rotatable bonds is 7. The first-order chi connectivity index (χ1) is 9.48. The van der Waals surface area contributed by atoms with Crippen molar-refractivity contribution in [3.8, 4) is 0 Å². The van der Waals surface area contributed by atoms with Crippen LogP contribution < -0.4 is 11.1 Å². The van der Waals surface area contributed by atoms with E-state index >= 15 is 0 Å². The van der Waals surface area contributed by atoms with Crippen molar-refractivity contribution in [2.24, 2.45) is 5.73 Å². The van der Waals surface area contributed by atoms with Crippen LogP contribution in [0.4, 0.5) is 0 Å². The fraction of sp³-hybridized carbons (Fsp3) is 0.429. The third kappa shape index (κ3) is 6.37. The molecule has 0 spiro atoms. The second-order valence-electron chi connectivity index (χ2n) is 4.45. The standard InChI is InChI=1S/C14H20N2O3S.ClH/c1-14(15,11-6-4-3-5-7-11)13(18)16-8-9-20-10-12(17)19-2;/h3-7H,8-10,15H2,1-2H3,(H,16,18);1H. The van der Waals surface area contributed by atoms with Gasteiger partial charge in [-0.15, -0.1) is 24.2 Å². The van der Waals surface area contributed by atoms with Crippen molar-refractivity contribution in [1.29, 1.82) is 0 Å². The molecule has 0 aromatic heterocycles. The molecule has 1 amide bonds. The molecule has 1 atom stereocenters. The molecule has 21 heavy (non-hydrogen) atoms. The summed E-state index contributed by atoms with van der Waals surface area (Å²) in [5, 5.41) is 2.78. The minimum atomic E-state index is -1.06. The maximum Gasteiger partial charge on any atom is 0.315 e. The number of hydrogen-bond donors (Lipinski definition) is 2. The summed E-state index contributed by atoms with van der Waals surface area (Å²) in [5.41, 5.74) is 5.78. The third-order valence-electron chi connectivity index (χ3n) is 2.82. The Balaban J connectivity index is 0.00000400. The zero-order valence-electron chi connectivity index (χ0n) is 12.1. The molecular weight excluding hydrogens is 312 g/mol. The molecule has 0 fully saturated rings. The minimum Gasteiger partial charge on any atom is -0.468 e. The third-order valence-corrected chi connectivity index (χ3v) is 3.76. The molecule has 1 aromatic carbocycles. The molecule has 0 saturated heterocycles. The number of esters is 1. The summed E-state index contributed by atoms with van der Waals surface area (Å²) in [6, 6.07) is 9.22. The highest BCUT2D eigenvalue weighted by Crippen LogP contribution is 2.17. The monoisotopic (exact) mass is 332 g/mol. The zero-order chi connectivity index (χ0) is 15.0. The fourth-order valence-corrected chi connectivity index (χ4v) is 2.23. The number of thioether (sulfide) groups is 1. The van der Waals surface area contributed by atoms with E-state index in [0.717, 1.165) is 5.56 Å². The number of halogens is 1. The number of nitrogens with two attached hydrogens (primary N) is 1. The summed E-state index contributed by atoms with van der Waals surface area (Å²) in [5.74, 6) is 0.410. The van der Waals surface area contributed by atoms with Gasteiger partial charge < -0.3 is 15.8 Å². The predicted molar refractivity (Wildman–Crippen MR) is 87.6 cm³/mol. The van der Waals surface area contributed by atoms with E-state index in [1.807, 2.05) is 30.3 Å². The number of carbonyl (C=O) groups is 2. The first-order valence-corrected chi connectivity index (χ1v) is 7.41. The number of amides is 1. The van der Waals surface area contributed by atoms with Gasteiger partial charge in [0.1, 0.15) is 5.54 Å². The van der Waals surface area contributed by atoms with E-state index in [1.54, 1.807) is 6.92 Å². The van der Waals surface area contributed by atoms with Gasteiger partial charge in [-0.05, 0) is 12.5 Å². The van der Waals surface area contributed by atoms with Crippen LogP contribution in [0.25, 0.3) is 0 Å². The van der Waals surface area contributed by atoms with Crippen molar-refractivity contribution < 1.29 is 14.3 Å². The lowest BCUT2D eigenvalue weighted by Crippen LogP contribution is -2.49. The van der Waals surface area contributed by atoms with Gasteiger partial charge in [-0.2, -0.15) is 0 Å². The van der Waals surface area contributed by atoms with Crippen LogP contribution in [0.5, 0.6) is 0 Å². The second-order valence-corrected chi connectivity index (χ2v) is 5.56. The molecule has 0 bridgehead atoms. The van der Waals surface area contributed by atoms with Crippen LogP contribution in [0, 0.1) is 0 Å². The summed E-state index contributed by atoms with van der Waals surface area (Å²) in [6.07, 6.45) is 0. The molecule has 5 nitrogen and oxygen atoms in total. The van der Waals surface area contributed by atoms with Crippen LogP contribution in [-0.2, 0) is 19.9 Å². The van der Waals surface area contributed by atoms with Gasteiger partial charge in [-0.1, -0.05) is 30.3 Å². The summed E-state index contributed by atoms with van der Waals surface area (Å²) >= 11 is 1.40. The summed E-state index contributed by atoms with van der Waals surface area (Å²) in [7, 11) is 1.35. The summed E-state index contributed by atoms with van der Waals surface area (Å²) in [6.45, 7) is 2.14. The Bertz CT molecular complexity index is 455. The molecule has 0 radical (unpaired) electrons. The molecule has 0 aliphatic heterocycles. The molecule has 1 aromatic rings. The van der Waals surface area contributed by atoms with E-state index in [2.05, 4.69) is 10.1 Å². The SMILES string of the molecule is COC(=O)CSCCNC(=O)C(C)(N)c1ccccc1.Cl. The molecule has 3 N–H and O–H groups in total. The number of methoxy groups -OCH3 is 1. The van der Waals surface area contributed by atoms with Gasteiger partial charge in [0, 0.05) is 12.3 Å². The van der Waals surface area contributed by atoms with Crippen molar-refractivity contribution >= 4 is 36.0 Å². The number of hydrogen-bond acceptors (Lipinski definition) is 5. The van der Waals surface area contributed by atoms with Gasteiger partial charge in [0.25, 0.3) is 0 Å². The van der Waals surface area contributed by atoms with Crippen molar-refractivity contribution in [2.75, 3.05) is 25.2 Å². The number of ether oxygens (including phenoxy) is 1. The maximum absolute atomic E-state index is 12.1. The Morgan fingerprint density at radius 2 is 1.95 bits per heavy atom. The maximum atomic E-state index is 12.1. The van der Waals surface area contributed by atoms with Gasteiger partial charge in [0.15, 0.2) is 0 Å². The quantitative estimate of drug-likeness (QED) is 0.581. The van der Waals surface area contributed by atoms with Crippen molar-refractivity contribution in [1.82, 2.24) is 5.32 Å². The normalized spacial score (nSPS) is 12.7. The van der Waals surface area contributed by atoms with Crippen LogP contribution in [0.15, 0.2) is 30.3 Å². The largest absolute Gasteiger partial charge is 0.468 e. The average molecular weight is 333 g/mol. The smallest absolute Gasteiger partial charge is 0.315 e. The molecule has 0 aliphatic rings. The molecule has 0 saturated carbocycles. The van der Waals surface area contributed by atoms with Crippen molar-refractivity contribution in [3.63, 3.8) is 0 Å². The molecule has 1 unspecified atom stereocenters. The molecule has 118 valence electrons. The molecule has 0 heterocycles. The van der Waals surface area contributed by atoms with E-state index in [-0.39, 0.29) is 30.0 Å². The lowest BCUT2D eigenvalue weighted by molar-refractivity contribution is -0.137. The van der Waals surface area contributed by atoms with Crippen LogP contribution in [0.1, 0.15) is 12.5 Å². The Morgan fingerprint density at radius 3 is 2.52 bits per heavy atom. The number of nitrogens with one attached hydrogen (secondary N) is 1. The Morgan fingerprint density at radius 1 is 1.33 bits per heavy atom. The van der Waals surface area contributed by atoms with Crippen molar-refractivity contribution in [3.05, 3.63) is 35.9 Å². The van der Waals surface area contributed by atoms with Crippen LogP contribution >= 0.6 is 24.2 Å². The van der Waals surface area contributed by atoms with E-state index in [9.17, 15) is 9.59 Å². The zero-order valence-corrected chi connectivity index (χ0v) is 13.8. The molecular formula is C14H21ClN2O3S. The van der Waals surface area contributed by atoms with Crippen LogP contribution in [0.3, 0.4) is 0 Å². The Labute approximate surface area is 135 Å². The van der Waals surface area contributed by atoms with E-state index < -0.39 is 5.54 Å². The second kappa shape index (κ2) is 9.65. The van der Waals surface area contributed by atoms with E-state index in [0.29, 0.717) is 12.3 Å². The van der Waals surface area contributed by atoms with Crippen LogP contribution in [-0.4, -0.2) is 37.0 Å². The highest BCUT2D eigenvalue weighted by atomic mass is 35.5. The topological polar surface area (TPSA) is 81.4 Å². The van der Waals surface area contributed by atoms with Gasteiger partial charge in [-0.25, -0.2) is 0 Å². The molecule has 1 rings (SSSR count). The van der Waals surface area contributed by atoms with Crippen molar-refractivity contribution in [2.45, 2.75) is 12.5 Å². The van der Waals surface area contributed by atoms with E-state index in [4.69, 9.17) is 5.73 Å². The molecule has 0 aliphatic carbocycles. The van der Waals surface area contributed by atoms with E-state index in [1.165, 1.54) is 18.9 Å². The van der Waals surface area contributed by atoms with Crippen LogP contribution in [0.2, 0.25) is 0 Å². The Hall–Kier alpha value is -1.24. The first kappa shape index (κ1) is 19.8. The summed E-state index contributed by atoms with van der Waals surface area (Å²) in [4.78, 5) is 23.0. The average Bonchev–Trinajstić information content (AvgIpc) is 2.47. The number of benzene rings is 1. The van der Waals surface area contributed by atoms with Gasteiger partial charge in [0.05, 0.1) is 12.9 Å². The highest BCUT2D eigenvalue weighted by Gasteiger charge is 2.29. The first-order valence-electron chi connectivity index (χ1n) is 6.25. The minimum absolute atomic E-state index is 0. The van der Waals surface area contributed by atoms with Gasteiger partial charge in [-0.3, -0.25) is 9.59 Å². The van der Waals surface area contributed by atoms with Gasteiger partial charge in [0.2, 0.25) is 5.91 Å². The predicted octanol–water partition coefficient (Wildman–Crippen LogP) is 1.30. The lowest BCUT2D eigenvalue weighted by atomic mass is 9.92. The molecule has 7 heteroatoms. The highest BCUT2D eigenvalue weighted by molar-refractivity contribution is 7.99. The summed E-state index contributed by atoms with van der Waals surface area (Å²) < 4.78 is 4.52. The number of carbonyl (C=O) groups excluding carboxylic acids is 2. The Kier molecular flexibility index (Phi) is 9.08. The van der Waals surface area contributed by atoms with Gasteiger partial charge >= 0.3 is 5.97 Å².